The topological polar surface area (TPSA) is 81.1 Å². The molecule has 1 unspecified atom stereocenters. The standard InChI is InChI=1S/C29H46N2O4/c1-19(4-9-26(33)30-14-16-31(17-15-30)27(34)35)23-7-8-24-22-6-5-20-18-21(32)10-12-28(20,2)25(22)11-13-29(23,24)3/h5,19,21-25,32H,4,6-18H2,1-3H3,(H,34,35)/t19?,21-,22-,23+,24-,25-,28-,29+/m0/s1. The van der Waals surface area contributed by atoms with Crippen LogP contribution in [0.2, 0.25) is 0 Å². The summed E-state index contributed by atoms with van der Waals surface area (Å²) in [5.74, 6) is 3.77. The molecular weight excluding hydrogens is 440 g/mol. The van der Waals surface area contributed by atoms with Crippen molar-refractivity contribution >= 4 is 12.0 Å². The fourth-order valence-corrected chi connectivity index (χ4v) is 9.47. The molecule has 6 nitrogen and oxygen atoms in total. The minimum absolute atomic E-state index is 0.139. The molecule has 1 saturated heterocycles. The second kappa shape index (κ2) is 9.39. The number of carbonyl (C=O) groups is 2. The molecule has 196 valence electrons. The normalized spacial score (nSPS) is 41.9. The van der Waals surface area contributed by atoms with Crippen molar-refractivity contribution in [2.24, 2.45) is 40.4 Å². The molecule has 0 spiro atoms. The predicted molar refractivity (Wildman–Crippen MR) is 136 cm³/mol. The molecule has 0 radical (unpaired) electrons. The number of aliphatic hydroxyl groups is 1. The van der Waals surface area contributed by atoms with E-state index in [2.05, 4.69) is 26.8 Å². The molecule has 4 fully saturated rings. The Labute approximate surface area is 211 Å². The van der Waals surface area contributed by atoms with Gasteiger partial charge in [-0.15, -0.1) is 0 Å². The van der Waals surface area contributed by atoms with Crippen molar-refractivity contribution in [3.8, 4) is 0 Å². The van der Waals surface area contributed by atoms with E-state index in [0.717, 1.165) is 43.4 Å². The summed E-state index contributed by atoms with van der Waals surface area (Å²) < 4.78 is 0. The number of amides is 2. The highest BCUT2D eigenvalue weighted by Crippen LogP contribution is 2.67. The van der Waals surface area contributed by atoms with Crippen LogP contribution in [0.1, 0.15) is 85.0 Å². The molecule has 1 heterocycles. The molecular formula is C29H46N2O4. The van der Waals surface area contributed by atoms with Crippen LogP contribution >= 0.6 is 0 Å². The summed E-state index contributed by atoms with van der Waals surface area (Å²) in [6, 6.07) is 0. The van der Waals surface area contributed by atoms with Gasteiger partial charge in [0.25, 0.3) is 0 Å². The third-order valence-corrected chi connectivity index (χ3v) is 11.6. The van der Waals surface area contributed by atoms with E-state index in [-0.39, 0.29) is 12.0 Å². The summed E-state index contributed by atoms with van der Waals surface area (Å²) in [7, 11) is 0. The zero-order chi connectivity index (χ0) is 25.0. The monoisotopic (exact) mass is 486 g/mol. The third kappa shape index (κ3) is 4.32. The Kier molecular flexibility index (Phi) is 6.73. The first kappa shape index (κ1) is 25.1. The molecule has 6 heteroatoms. The summed E-state index contributed by atoms with van der Waals surface area (Å²) in [6.07, 6.45) is 12.5. The van der Waals surface area contributed by atoms with E-state index >= 15 is 0 Å². The van der Waals surface area contributed by atoms with Crippen LogP contribution in [0.25, 0.3) is 0 Å². The smallest absolute Gasteiger partial charge is 0.407 e. The molecule has 5 aliphatic rings. The molecule has 3 saturated carbocycles. The number of rotatable bonds is 4. The van der Waals surface area contributed by atoms with Crippen LogP contribution in [0, 0.1) is 40.4 Å². The van der Waals surface area contributed by atoms with Crippen LogP contribution in [-0.2, 0) is 4.79 Å². The second-order valence-corrected chi connectivity index (χ2v) is 13.1. The van der Waals surface area contributed by atoms with Gasteiger partial charge in [-0.05, 0) is 98.2 Å². The van der Waals surface area contributed by atoms with Crippen LogP contribution in [0.3, 0.4) is 0 Å². The molecule has 0 aromatic rings. The van der Waals surface area contributed by atoms with Crippen molar-refractivity contribution in [1.82, 2.24) is 9.80 Å². The number of hydrogen-bond donors (Lipinski definition) is 2. The van der Waals surface area contributed by atoms with Gasteiger partial charge in [0.1, 0.15) is 0 Å². The maximum absolute atomic E-state index is 12.9. The average Bonchev–Trinajstić information content (AvgIpc) is 3.20. The number of hydrogen-bond acceptors (Lipinski definition) is 3. The Balaban J connectivity index is 1.20. The molecule has 4 aliphatic carbocycles. The van der Waals surface area contributed by atoms with Gasteiger partial charge in [-0.25, -0.2) is 4.79 Å². The average molecular weight is 487 g/mol. The molecule has 1 aliphatic heterocycles. The molecule has 35 heavy (non-hydrogen) atoms. The minimum atomic E-state index is -0.885. The molecule has 0 aromatic heterocycles. The Morgan fingerprint density at radius 2 is 1.74 bits per heavy atom. The fraction of sp³-hybridized carbons (Fsp3) is 0.862. The number of carbonyl (C=O) groups excluding carboxylic acids is 1. The highest BCUT2D eigenvalue weighted by atomic mass is 16.4. The predicted octanol–water partition coefficient (Wildman–Crippen LogP) is 5.16. The van der Waals surface area contributed by atoms with Crippen molar-refractivity contribution in [2.75, 3.05) is 26.2 Å². The van der Waals surface area contributed by atoms with E-state index in [0.29, 0.717) is 55.3 Å². The summed E-state index contributed by atoms with van der Waals surface area (Å²) in [5.41, 5.74) is 2.23. The molecule has 5 rings (SSSR count). The van der Waals surface area contributed by atoms with Gasteiger partial charge in [-0.1, -0.05) is 32.4 Å². The largest absolute Gasteiger partial charge is 0.465 e. The quantitative estimate of drug-likeness (QED) is 0.538. The fourth-order valence-electron chi connectivity index (χ4n) is 9.47. The summed E-state index contributed by atoms with van der Waals surface area (Å²) in [4.78, 5) is 27.3. The van der Waals surface area contributed by atoms with Gasteiger partial charge < -0.3 is 20.0 Å². The third-order valence-electron chi connectivity index (χ3n) is 11.6. The number of allylic oxidation sites excluding steroid dienone is 1. The second-order valence-electron chi connectivity index (χ2n) is 13.1. The summed E-state index contributed by atoms with van der Waals surface area (Å²) in [5, 5.41) is 19.4. The zero-order valence-electron chi connectivity index (χ0n) is 22.0. The van der Waals surface area contributed by atoms with Crippen molar-refractivity contribution < 1.29 is 19.8 Å². The van der Waals surface area contributed by atoms with Gasteiger partial charge in [0.2, 0.25) is 5.91 Å². The number of nitrogens with zero attached hydrogens (tertiary/aromatic N) is 2. The number of fused-ring (bicyclic) bond motifs is 5. The highest BCUT2D eigenvalue weighted by Gasteiger charge is 2.59. The molecule has 2 amide bonds. The lowest BCUT2D eigenvalue weighted by atomic mass is 9.47. The zero-order valence-corrected chi connectivity index (χ0v) is 22.0. The van der Waals surface area contributed by atoms with Crippen LogP contribution < -0.4 is 0 Å². The first-order valence-corrected chi connectivity index (χ1v) is 14.3. The summed E-state index contributed by atoms with van der Waals surface area (Å²) >= 11 is 0. The number of aliphatic hydroxyl groups excluding tert-OH is 1. The Morgan fingerprint density at radius 3 is 2.46 bits per heavy atom. The summed E-state index contributed by atoms with van der Waals surface area (Å²) in [6.45, 7) is 9.35. The number of piperazine rings is 1. The molecule has 2 N–H and O–H groups in total. The first-order valence-electron chi connectivity index (χ1n) is 14.3. The van der Waals surface area contributed by atoms with Gasteiger partial charge in [-0.2, -0.15) is 0 Å². The van der Waals surface area contributed by atoms with E-state index in [9.17, 15) is 14.7 Å². The van der Waals surface area contributed by atoms with Crippen LogP contribution in [-0.4, -0.2) is 64.3 Å². The van der Waals surface area contributed by atoms with Crippen molar-refractivity contribution in [3.63, 3.8) is 0 Å². The minimum Gasteiger partial charge on any atom is -0.465 e. The highest BCUT2D eigenvalue weighted by molar-refractivity contribution is 5.76. The lowest BCUT2D eigenvalue weighted by Crippen LogP contribution is -2.51. The van der Waals surface area contributed by atoms with Crippen molar-refractivity contribution in [1.29, 1.82) is 0 Å². The van der Waals surface area contributed by atoms with Gasteiger partial charge >= 0.3 is 6.09 Å². The van der Waals surface area contributed by atoms with E-state index in [4.69, 9.17) is 5.11 Å². The maximum atomic E-state index is 12.9. The molecule has 0 bridgehead atoms. The lowest BCUT2D eigenvalue weighted by Gasteiger charge is -2.58. The SMILES string of the molecule is CC(CCC(=O)N1CCN(C(=O)O)CC1)[C@H]1CC[C@H]2[C@@H]3CC=C4C[C@@H](O)CC[C@]4(C)[C@H]3CC[C@]12C. The lowest BCUT2D eigenvalue weighted by molar-refractivity contribution is -0.133. The van der Waals surface area contributed by atoms with Crippen molar-refractivity contribution in [3.05, 3.63) is 11.6 Å². The molecule has 0 aromatic carbocycles. The van der Waals surface area contributed by atoms with Crippen LogP contribution in [0.4, 0.5) is 4.79 Å². The first-order chi connectivity index (χ1) is 16.6. The van der Waals surface area contributed by atoms with Crippen LogP contribution in [0.15, 0.2) is 11.6 Å². The maximum Gasteiger partial charge on any atom is 0.407 e. The van der Waals surface area contributed by atoms with Crippen LogP contribution in [0.5, 0.6) is 0 Å². The number of carboxylic acid groups (broad SMARTS) is 1. The Hall–Kier alpha value is -1.56. The van der Waals surface area contributed by atoms with Gasteiger partial charge in [0.05, 0.1) is 6.10 Å². The van der Waals surface area contributed by atoms with Gasteiger partial charge in [-0.3, -0.25) is 4.79 Å². The van der Waals surface area contributed by atoms with Crippen molar-refractivity contribution in [2.45, 2.75) is 91.1 Å². The Morgan fingerprint density at radius 1 is 1.03 bits per heavy atom. The van der Waals surface area contributed by atoms with E-state index in [1.807, 2.05) is 4.90 Å². The van der Waals surface area contributed by atoms with E-state index in [1.165, 1.54) is 37.0 Å². The van der Waals surface area contributed by atoms with Gasteiger partial charge in [0, 0.05) is 32.6 Å². The van der Waals surface area contributed by atoms with E-state index in [1.54, 1.807) is 5.57 Å². The Bertz CT molecular complexity index is 865. The molecule has 8 atom stereocenters. The van der Waals surface area contributed by atoms with E-state index < -0.39 is 6.09 Å². The van der Waals surface area contributed by atoms with Gasteiger partial charge in [0.15, 0.2) is 0 Å².